The molecule has 6 aliphatic rings. The summed E-state index contributed by atoms with van der Waals surface area (Å²) in [7, 11) is 3.19. The molecular weight excluding hydrogens is 1340 g/mol. The number of amides is 8. The quantitative estimate of drug-likeness (QED) is 0.0512. The molecule has 2 saturated heterocycles. The molecule has 10 N–H and O–H groups in total. The van der Waals surface area contributed by atoms with Crippen molar-refractivity contribution < 1.29 is 77.1 Å². The Labute approximate surface area is 601 Å². The van der Waals surface area contributed by atoms with Gasteiger partial charge in [-0.3, -0.25) is 38.4 Å². The Morgan fingerprint density at radius 2 is 0.885 bits per heavy atom. The summed E-state index contributed by atoms with van der Waals surface area (Å²) in [5.74, 6) is -8.50. The van der Waals surface area contributed by atoms with E-state index in [1.165, 1.54) is 19.2 Å². The van der Waals surface area contributed by atoms with E-state index in [0.717, 1.165) is 11.1 Å². The van der Waals surface area contributed by atoms with Gasteiger partial charge in [0.25, 0.3) is 0 Å². The second-order valence-electron chi connectivity index (χ2n) is 26.8. The maximum Gasteiger partial charge on any atom is 0.326 e. The van der Waals surface area contributed by atoms with Crippen LogP contribution in [0.15, 0.2) is 122 Å². The van der Waals surface area contributed by atoms with Crippen LogP contribution in [0.5, 0.6) is 11.5 Å². The Balaban J connectivity index is 1.02. The first-order valence-electron chi connectivity index (χ1n) is 34.6. The van der Waals surface area contributed by atoms with E-state index in [1.807, 2.05) is 12.1 Å². The Morgan fingerprint density at radius 1 is 0.519 bits per heavy atom. The zero-order chi connectivity index (χ0) is 74.7. The number of benzene rings is 4. The normalized spacial score (nSPS) is 21.9. The maximum atomic E-state index is 15.0. The molecular formula is C72H92N16O16. The third-order valence-corrected chi connectivity index (χ3v) is 18.5. The van der Waals surface area contributed by atoms with Crippen molar-refractivity contribution in [3.05, 3.63) is 155 Å². The van der Waals surface area contributed by atoms with Gasteiger partial charge in [0.2, 0.25) is 47.3 Å². The number of nitrogens with one attached hydrogen (secondary N) is 8. The molecule has 0 unspecified atom stereocenters. The number of likely N-dealkylation sites (tertiary alicyclic amines) is 2. The molecule has 0 aliphatic carbocycles. The highest BCUT2D eigenvalue weighted by molar-refractivity contribution is 5.98. The molecule has 12 bridgehead atoms. The maximum absolute atomic E-state index is 15.0. The van der Waals surface area contributed by atoms with Crippen molar-refractivity contribution in [3.63, 3.8) is 0 Å². The van der Waals surface area contributed by atoms with E-state index in [4.69, 9.17) is 18.9 Å². The lowest BCUT2D eigenvalue weighted by Gasteiger charge is -2.31. The zero-order valence-corrected chi connectivity index (χ0v) is 59.3. The molecule has 0 saturated carbocycles. The highest BCUT2D eigenvalue weighted by Gasteiger charge is 2.47. The Bertz CT molecular complexity index is 3680. The molecule has 32 nitrogen and oxygen atoms in total. The minimum Gasteiger partial charge on any atom is -0.487 e. The van der Waals surface area contributed by atoms with Gasteiger partial charge in [-0.1, -0.05) is 123 Å². The monoisotopic (exact) mass is 1440 g/mol. The molecule has 2 aromatic heterocycles. The third kappa shape index (κ3) is 20.8. The van der Waals surface area contributed by atoms with Crippen LogP contribution in [-0.4, -0.2) is 210 Å². The molecule has 8 heterocycles. The van der Waals surface area contributed by atoms with E-state index in [0.29, 0.717) is 34.0 Å². The number of aliphatic carboxylic acids is 2. The Morgan fingerprint density at radius 3 is 1.22 bits per heavy atom. The summed E-state index contributed by atoms with van der Waals surface area (Å²) in [5.41, 5.74) is 3.10. The van der Waals surface area contributed by atoms with Crippen molar-refractivity contribution in [2.75, 3.05) is 40.4 Å². The largest absolute Gasteiger partial charge is 0.487 e. The van der Waals surface area contributed by atoms with Crippen LogP contribution in [0.25, 0.3) is 0 Å². The lowest BCUT2D eigenvalue weighted by molar-refractivity contribution is -0.144. The lowest BCUT2D eigenvalue weighted by atomic mass is 10.0. The highest BCUT2D eigenvalue weighted by atomic mass is 16.5. The van der Waals surface area contributed by atoms with Gasteiger partial charge in [0.1, 0.15) is 84.4 Å². The summed E-state index contributed by atoms with van der Waals surface area (Å²) < 4.78 is 27.2. The van der Waals surface area contributed by atoms with Gasteiger partial charge in [-0.15, -0.1) is 10.2 Å². The molecule has 2 fully saturated rings. The molecule has 6 aromatic rings. The number of carboxylic acid groups (broad SMARTS) is 2. The van der Waals surface area contributed by atoms with Crippen molar-refractivity contribution in [1.29, 1.82) is 0 Å². The van der Waals surface area contributed by atoms with Crippen LogP contribution >= 0.6 is 0 Å². The first kappa shape index (κ1) is 77.5. The predicted molar refractivity (Wildman–Crippen MR) is 373 cm³/mol. The van der Waals surface area contributed by atoms with Crippen molar-refractivity contribution in [3.8, 4) is 11.5 Å². The first-order valence-corrected chi connectivity index (χ1v) is 34.6. The molecule has 0 radical (unpaired) electrons. The SMILES string of the molecule is CN[C@@H](C)C(=O)N[C@H](C(=O)N1C[C@@H]2C[C@H]1C(=O)N[C@@H](COCc1ccccc1)C(=O)N[C@H](C(=O)O)Cc1ccc(cc1)OCc1cn(nn1)[C@H]1C[C@@H](C(=O)N[C@@H](COCc3ccccc3)C(=O)N[C@H](C(=O)O)Cc3ccc(cc3)OCc3cn2nn3)N(C(=O)[C@@H](NC(=O)[C@H](C)NC)C(C)C)C1)C(C)C. The van der Waals surface area contributed by atoms with Crippen molar-refractivity contribution in [2.45, 2.75) is 166 Å². The summed E-state index contributed by atoms with van der Waals surface area (Å²) in [6.07, 6.45) is 2.62. The molecule has 556 valence electrons. The predicted octanol–water partition coefficient (Wildman–Crippen LogP) is 1.15. The van der Waals surface area contributed by atoms with Gasteiger partial charge in [0.05, 0.1) is 63.0 Å². The van der Waals surface area contributed by atoms with Crippen LogP contribution in [0.3, 0.4) is 0 Å². The fraction of sp³-hybridized carbons (Fsp3) is 0.472. The van der Waals surface area contributed by atoms with Gasteiger partial charge in [-0.25, -0.2) is 19.0 Å². The summed E-state index contributed by atoms with van der Waals surface area (Å²) in [6, 6.07) is 17.3. The molecule has 12 atom stereocenters. The van der Waals surface area contributed by atoms with Gasteiger partial charge >= 0.3 is 11.9 Å². The average Bonchev–Trinajstić information content (AvgIpc) is 1.64. The number of rotatable bonds is 20. The molecule has 8 amide bonds. The Kier molecular flexibility index (Phi) is 27.1. The topological polar surface area (TPSA) is 412 Å². The summed E-state index contributed by atoms with van der Waals surface area (Å²) in [6.45, 7) is 8.96. The lowest BCUT2D eigenvalue weighted by Crippen LogP contribution is -2.59. The number of hydrogen-bond donors (Lipinski definition) is 10. The van der Waals surface area contributed by atoms with E-state index in [-0.39, 0.29) is 65.2 Å². The van der Waals surface area contributed by atoms with Gasteiger partial charge < -0.3 is 81.5 Å². The minimum absolute atomic E-state index is 0.0132. The van der Waals surface area contributed by atoms with Gasteiger partial charge in [0, 0.05) is 38.8 Å². The van der Waals surface area contributed by atoms with Crippen LogP contribution < -0.4 is 52.0 Å². The molecule has 6 aliphatic heterocycles. The zero-order valence-electron chi connectivity index (χ0n) is 59.3. The number of ether oxygens (including phenoxy) is 4. The summed E-state index contributed by atoms with van der Waals surface area (Å²) in [5, 5.41) is 60.7. The molecule has 12 rings (SSSR count). The number of likely N-dealkylation sites (N-methyl/N-ethyl adjacent to an activating group) is 2. The van der Waals surface area contributed by atoms with E-state index in [2.05, 4.69) is 63.2 Å². The van der Waals surface area contributed by atoms with Crippen LogP contribution in [0, 0.1) is 11.8 Å². The Hall–Kier alpha value is -10.7. The van der Waals surface area contributed by atoms with Crippen LogP contribution in [0.1, 0.15) is 100 Å². The highest BCUT2D eigenvalue weighted by Crippen LogP contribution is 2.32. The number of nitrogens with zero attached hydrogens (tertiary/aromatic N) is 8. The van der Waals surface area contributed by atoms with Crippen molar-refractivity contribution in [1.82, 2.24) is 82.3 Å². The van der Waals surface area contributed by atoms with Crippen LogP contribution in [-0.2, 0) is 96.7 Å². The molecule has 104 heavy (non-hydrogen) atoms. The van der Waals surface area contributed by atoms with Crippen molar-refractivity contribution in [2.24, 2.45) is 11.8 Å². The third-order valence-electron chi connectivity index (χ3n) is 18.5. The minimum atomic E-state index is -1.53. The number of aromatic nitrogens is 6. The standard InChI is InChI=1S/C72H92N16O16/c1-41(2)61(79-63(89)43(5)73-7)69(95)85-33-51-29-59(85)67(93)77-57(39-101-35-47-15-11-9-12-16-47)65(91)75-55(71(97)98)27-45-21-25-54(26-22-45)104-38-50-32-88(84-82-50)52-30-60(86(34-52)70(96)62(42(3)4)80-64(90)44(6)74-8)68(94)78-58(40-102-36-48-17-13-10-14-18-48)66(92)76-56(72(99)100)28-46-19-23-53(24-20-46)103-37-49-31-87(51)83-81-49/h9-26,31-32,41-44,51-52,55-62,73-74H,27-30,33-40H2,1-8H3,(H,75,91)(H,76,92)(H,77,93)(H,78,94)(H,79,89)(H,80,90)(H,97,98)(H,99,100)/t43-,44-,51-,52-,55-,56-,57-,58-,59-,60-,61-,62-/m0/s1. The summed E-state index contributed by atoms with van der Waals surface area (Å²) >= 11 is 0. The molecule has 0 spiro atoms. The number of carbonyl (C=O) groups is 10. The first-order chi connectivity index (χ1) is 49.9. The van der Waals surface area contributed by atoms with Crippen LogP contribution in [0.2, 0.25) is 0 Å². The average molecular weight is 1440 g/mol. The van der Waals surface area contributed by atoms with Crippen LogP contribution in [0.4, 0.5) is 0 Å². The van der Waals surface area contributed by atoms with Gasteiger partial charge in [-0.2, -0.15) is 0 Å². The number of carboxylic acids is 2. The fourth-order valence-corrected chi connectivity index (χ4v) is 12.1. The van der Waals surface area contributed by atoms with Gasteiger partial charge in [0.15, 0.2) is 0 Å². The van der Waals surface area contributed by atoms with E-state index >= 15 is 0 Å². The molecule has 32 heteroatoms. The van der Waals surface area contributed by atoms with Crippen molar-refractivity contribution >= 4 is 59.2 Å². The van der Waals surface area contributed by atoms with E-state index in [9.17, 15) is 58.2 Å². The second kappa shape index (κ2) is 36.4. The summed E-state index contributed by atoms with van der Waals surface area (Å²) in [4.78, 5) is 144. The second-order valence-corrected chi connectivity index (χ2v) is 26.8. The molecule has 4 aromatic carbocycles. The van der Waals surface area contributed by atoms with Gasteiger partial charge in [-0.05, 0) is 86.3 Å². The van der Waals surface area contributed by atoms with E-state index < -0.39 is 157 Å². The number of hydrogen-bond acceptors (Lipinski definition) is 20. The smallest absolute Gasteiger partial charge is 0.326 e. The number of carbonyl (C=O) groups excluding carboxylic acids is 8. The fourth-order valence-electron chi connectivity index (χ4n) is 12.1. The van der Waals surface area contributed by atoms with E-state index in [1.54, 1.807) is 165 Å².